The molecule has 0 heterocycles. The van der Waals surface area contributed by atoms with Crippen molar-refractivity contribution in [1.29, 1.82) is 0 Å². The molecule has 0 spiro atoms. The Bertz CT molecular complexity index is 3520. The summed E-state index contributed by atoms with van der Waals surface area (Å²) in [4.78, 5) is 205. The molecule has 9 amide bonds. The largest absolute Gasteiger partial charge is 0.461 e. The van der Waals surface area contributed by atoms with Crippen molar-refractivity contribution in [3.63, 3.8) is 0 Å². The molecule has 0 bridgehead atoms. The normalized spacial score (nSPS) is 11.8. The van der Waals surface area contributed by atoms with Gasteiger partial charge >= 0.3 is 35.8 Å². The fraction of sp³-hybridized carbons (Fsp3) is 0.391. The number of amides is 9. The van der Waals surface area contributed by atoms with Crippen molar-refractivity contribution < 1.29 is 100 Å². The molecule has 30 nitrogen and oxygen atoms in total. The lowest BCUT2D eigenvalue weighted by atomic mass is 9.96. The highest BCUT2D eigenvalue weighted by Crippen LogP contribution is 2.40. The van der Waals surface area contributed by atoms with Gasteiger partial charge in [-0.05, 0) is 228 Å². The van der Waals surface area contributed by atoms with Crippen LogP contribution in [-0.4, -0.2) is 202 Å². The molecule has 3 atom stereocenters. The number of hydrogen-bond donors (Lipinski definition) is 6. The smallest absolute Gasteiger partial charge is 0.303 e. The van der Waals surface area contributed by atoms with Gasteiger partial charge in [-0.3, -0.25) is 71.9 Å². The van der Waals surface area contributed by atoms with Crippen molar-refractivity contribution in [2.24, 2.45) is 5.92 Å². The number of esters is 6. The van der Waals surface area contributed by atoms with Crippen LogP contribution >= 0.6 is 203 Å². The van der Waals surface area contributed by atoms with E-state index in [-0.39, 0.29) is 141 Å². The van der Waals surface area contributed by atoms with E-state index in [9.17, 15) is 71.9 Å². The first-order chi connectivity index (χ1) is 48.2. The Hall–Kier alpha value is -4.50. The first kappa shape index (κ1) is 92.7. The fourth-order valence-corrected chi connectivity index (χ4v) is 22.2. The van der Waals surface area contributed by atoms with Gasteiger partial charge in [-0.2, -0.15) is 0 Å². The lowest BCUT2D eigenvalue weighted by molar-refractivity contribution is -0.160. The molecule has 560 valence electrons. The Morgan fingerprint density at radius 2 is 0.563 bits per heavy atom. The zero-order valence-electron chi connectivity index (χ0n) is 56.5. The summed E-state index contributed by atoms with van der Waals surface area (Å²) in [6, 6.07) is 0. The average molecular weight is 2440 g/mol. The van der Waals surface area contributed by atoms with Crippen LogP contribution in [0.4, 0.5) is 17.1 Å². The third kappa shape index (κ3) is 27.0. The van der Waals surface area contributed by atoms with Crippen molar-refractivity contribution in [2.75, 3.05) is 96.2 Å². The van der Waals surface area contributed by atoms with Gasteiger partial charge in [-0.15, -0.1) is 19.7 Å². The molecule has 0 radical (unpaired) electrons. The predicted molar refractivity (Wildman–Crippen MR) is 452 cm³/mol. The summed E-state index contributed by atoms with van der Waals surface area (Å²) in [5.74, 6) is -12.3. The van der Waals surface area contributed by atoms with Gasteiger partial charge in [-0.1, -0.05) is 18.2 Å². The minimum atomic E-state index is -1.66. The molecule has 0 saturated heterocycles. The lowest BCUT2D eigenvalue weighted by Gasteiger charge is -2.24. The molecule has 6 N–H and O–H groups in total. The number of ether oxygens (including phenoxy) is 6. The van der Waals surface area contributed by atoms with E-state index >= 15 is 0 Å². The van der Waals surface area contributed by atoms with E-state index in [1.54, 1.807) is 0 Å². The number of rotatable bonds is 36. The minimum Gasteiger partial charge on any atom is -0.461 e. The molecular weight excluding hydrogens is 2370 g/mol. The van der Waals surface area contributed by atoms with Crippen molar-refractivity contribution >= 4 is 309 Å². The third-order valence-electron chi connectivity index (χ3n) is 13.9. The Kier molecular flexibility index (Phi) is 40.2. The van der Waals surface area contributed by atoms with Gasteiger partial charge < -0.3 is 75.0 Å². The summed E-state index contributed by atoms with van der Waals surface area (Å²) < 4.78 is 32.1. The number of hydrogen-bond acceptors (Lipinski definition) is 21. The molecule has 0 saturated carbocycles. The summed E-state index contributed by atoms with van der Waals surface area (Å²) in [5, 5.41) is 16.7. The summed E-state index contributed by atoms with van der Waals surface area (Å²) >= 11 is 16.6. The van der Waals surface area contributed by atoms with Crippen molar-refractivity contribution in [3.05, 3.63) is 103 Å². The summed E-state index contributed by atoms with van der Waals surface area (Å²) in [6.07, 6.45) is -0.174. The van der Waals surface area contributed by atoms with Crippen LogP contribution in [0.1, 0.15) is 123 Å². The molecular formula is C64H70I9N9O21. The Morgan fingerprint density at radius 1 is 0.350 bits per heavy atom. The van der Waals surface area contributed by atoms with Gasteiger partial charge in [0.2, 0.25) is 18.3 Å². The van der Waals surface area contributed by atoms with Crippen LogP contribution < -0.4 is 31.9 Å². The highest BCUT2D eigenvalue weighted by Gasteiger charge is 2.37. The van der Waals surface area contributed by atoms with Gasteiger partial charge in [0.1, 0.15) is 19.8 Å². The topological polar surface area (TPSA) is 393 Å². The molecule has 0 aromatic heterocycles. The van der Waals surface area contributed by atoms with E-state index in [0.717, 1.165) is 41.5 Å². The average Bonchev–Trinajstić information content (AvgIpc) is 0.778. The van der Waals surface area contributed by atoms with Gasteiger partial charge in [-0.25, -0.2) is 0 Å². The highest BCUT2D eigenvalue weighted by molar-refractivity contribution is 14.1. The zero-order valence-corrected chi connectivity index (χ0v) is 75.9. The second-order valence-corrected chi connectivity index (χ2v) is 31.5. The monoisotopic (exact) mass is 2440 g/mol. The van der Waals surface area contributed by atoms with Crippen LogP contribution in [0.15, 0.2) is 38.0 Å². The highest BCUT2D eigenvalue weighted by atomic mass is 127. The van der Waals surface area contributed by atoms with Gasteiger partial charge in [0.05, 0.1) is 71.9 Å². The SMILES string of the molecule is C=CCN(C)C(=O)c1c(I)c(NC(=O)C(COC(C)=O)OC(C)=O)c(I)c(C(=O)NCCC(CCNC(=O)c2c(I)c(NC(=O)C(COC(C)=O)OC(C)=O)c(I)c(C(=O)N(C)CC=C)c2I)CCNC(=O)c2c(I)c(NC(=O)C(COC(C)=O)OC(C)=O)c(I)c(C(=O)N(C)CC=C)c2I)c1I. The van der Waals surface area contributed by atoms with E-state index in [4.69, 9.17) is 28.4 Å². The number of nitrogens with zero attached hydrogens (tertiary/aromatic N) is 3. The van der Waals surface area contributed by atoms with Gasteiger partial charge in [0.25, 0.3) is 53.2 Å². The van der Waals surface area contributed by atoms with Crippen LogP contribution in [0, 0.1) is 38.0 Å². The standard InChI is InChI=1S/C64H70I9N9O21/c1-13-22-80(10)62(95)41-44(65)38(47(68)53(50(41)71)77-56(89)35(101-31(7)86)25-98-28(4)83)59(92)74-19-16-34(17-20-75-60(93)39-45(66)42(63(96)81(11)23-14-2)51(72)54(48(39)69)78-57(90)36(102-32(8)87)26-99-29(5)84)18-21-76-61(94)40-46(67)43(64(97)82(12)24-15-3)52(73)55(49(40)70)79-58(91)37(103-33(9)88)27-100-30(6)85/h13-15,34-37H,1-3,16-27H2,4-12H3,(H,74,92)(H,75,93)(H,76,94)(H,77,89)(H,78,90)(H,79,91). The number of halogens is 9. The Labute approximate surface area is 715 Å². The molecule has 0 aliphatic carbocycles. The molecule has 0 aliphatic rings. The first-order valence-corrected chi connectivity index (χ1v) is 39.8. The summed E-state index contributed by atoms with van der Waals surface area (Å²) in [6.45, 7) is 15.5. The molecule has 3 rings (SSSR count). The van der Waals surface area contributed by atoms with E-state index in [0.29, 0.717) is 0 Å². The van der Waals surface area contributed by atoms with E-state index < -0.39 is 133 Å². The van der Waals surface area contributed by atoms with E-state index in [1.165, 1.54) is 54.1 Å². The summed E-state index contributed by atoms with van der Waals surface area (Å²) in [7, 11) is 4.50. The molecule has 3 unspecified atom stereocenters. The number of likely N-dealkylation sites (N-methyl/N-ethyl adjacent to an activating group) is 3. The van der Waals surface area contributed by atoms with Crippen molar-refractivity contribution in [3.8, 4) is 0 Å². The second kappa shape index (κ2) is 44.7. The number of carbonyl (C=O) groups is 15. The number of nitrogens with one attached hydrogen (secondary N) is 6. The molecule has 3 aromatic rings. The van der Waals surface area contributed by atoms with Crippen LogP contribution in [0.2, 0.25) is 0 Å². The quantitative estimate of drug-likeness (QED) is 0.0137. The number of benzene rings is 3. The van der Waals surface area contributed by atoms with Crippen LogP contribution in [0.3, 0.4) is 0 Å². The maximum atomic E-state index is 14.8. The molecule has 103 heavy (non-hydrogen) atoms. The minimum absolute atomic E-state index is 0.00941. The molecule has 0 aliphatic heterocycles. The molecule has 39 heteroatoms. The molecule has 3 aromatic carbocycles. The van der Waals surface area contributed by atoms with Crippen LogP contribution in [0.5, 0.6) is 0 Å². The van der Waals surface area contributed by atoms with Gasteiger partial charge in [0.15, 0.2) is 0 Å². The Balaban J connectivity index is 2.29. The fourth-order valence-electron chi connectivity index (χ4n) is 9.03. The molecule has 0 fully saturated rings. The second-order valence-electron chi connectivity index (χ2n) is 21.8. The van der Waals surface area contributed by atoms with E-state index in [2.05, 4.69) is 51.6 Å². The first-order valence-electron chi connectivity index (χ1n) is 30.1. The van der Waals surface area contributed by atoms with Crippen LogP contribution in [-0.2, 0) is 71.6 Å². The Morgan fingerprint density at radius 3 is 0.757 bits per heavy atom. The lowest BCUT2D eigenvalue weighted by Crippen LogP contribution is -2.38. The maximum absolute atomic E-state index is 14.8. The predicted octanol–water partition coefficient (Wildman–Crippen LogP) is 8.58. The third-order valence-corrected chi connectivity index (χ3v) is 23.6. The van der Waals surface area contributed by atoms with Crippen molar-refractivity contribution in [1.82, 2.24) is 30.7 Å². The maximum Gasteiger partial charge on any atom is 0.303 e. The van der Waals surface area contributed by atoms with E-state index in [1.807, 2.05) is 203 Å². The van der Waals surface area contributed by atoms with Crippen molar-refractivity contribution in [2.45, 2.75) is 79.1 Å². The van der Waals surface area contributed by atoms with Crippen LogP contribution in [0.25, 0.3) is 0 Å². The number of anilines is 3. The summed E-state index contributed by atoms with van der Waals surface area (Å²) in [5.41, 5.74) is -0.198. The zero-order chi connectivity index (χ0) is 78.2. The van der Waals surface area contributed by atoms with Gasteiger partial charge in [0, 0.05) is 113 Å². The number of carbonyl (C=O) groups excluding carboxylic acids is 15.